The first kappa shape index (κ1) is 12.9. The van der Waals surface area contributed by atoms with Crippen molar-refractivity contribution in [2.24, 2.45) is 0 Å². The minimum Gasteiger partial charge on any atom is -0.478 e. The maximum Gasteiger partial charge on any atom is 0.338 e. The topological polar surface area (TPSA) is 101 Å². The Bertz CT molecular complexity index is 932. The van der Waals surface area contributed by atoms with Gasteiger partial charge in [0, 0.05) is 18.3 Å². The highest BCUT2D eigenvalue weighted by Gasteiger charge is 2.13. The van der Waals surface area contributed by atoms with Crippen molar-refractivity contribution in [1.82, 2.24) is 19.7 Å². The molecule has 0 aliphatic carbocycles. The summed E-state index contributed by atoms with van der Waals surface area (Å²) in [6.07, 6.45) is 2.17. The van der Waals surface area contributed by atoms with E-state index >= 15 is 0 Å². The molecule has 9 heteroatoms. The fraction of sp³-hybridized carbons (Fsp3) is 0. The van der Waals surface area contributed by atoms with E-state index in [4.69, 9.17) is 5.11 Å². The van der Waals surface area contributed by atoms with Crippen molar-refractivity contribution in [3.8, 4) is 5.95 Å². The lowest BCUT2D eigenvalue weighted by Crippen LogP contribution is -2.15. The maximum atomic E-state index is 13.6. The standard InChI is InChI=1S/C12H6F2N4O3/c13-6-1-7(14)9-8(2-6)16-12(17-10(9)19)18-4-5(3-15-18)11(20)21/h1-4H,(H,20,21)(H,16,17,19). The van der Waals surface area contributed by atoms with Gasteiger partial charge in [0.2, 0.25) is 5.95 Å². The van der Waals surface area contributed by atoms with Gasteiger partial charge in [-0.05, 0) is 0 Å². The highest BCUT2D eigenvalue weighted by Crippen LogP contribution is 2.15. The van der Waals surface area contributed by atoms with Gasteiger partial charge in [-0.3, -0.25) is 9.78 Å². The lowest BCUT2D eigenvalue weighted by atomic mass is 10.2. The van der Waals surface area contributed by atoms with Crippen LogP contribution in [0.1, 0.15) is 10.4 Å². The van der Waals surface area contributed by atoms with Gasteiger partial charge < -0.3 is 5.11 Å². The Morgan fingerprint density at radius 1 is 1.33 bits per heavy atom. The summed E-state index contributed by atoms with van der Waals surface area (Å²) in [6, 6.07) is 1.48. The molecule has 21 heavy (non-hydrogen) atoms. The number of aromatic nitrogens is 4. The van der Waals surface area contributed by atoms with E-state index < -0.39 is 23.2 Å². The van der Waals surface area contributed by atoms with Gasteiger partial charge >= 0.3 is 5.97 Å². The first-order valence-corrected chi connectivity index (χ1v) is 5.63. The average molecular weight is 292 g/mol. The highest BCUT2D eigenvalue weighted by molar-refractivity contribution is 5.87. The molecular formula is C12H6F2N4O3. The number of carbonyl (C=O) groups is 1. The van der Waals surface area contributed by atoms with Gasteiger partial charge in [-0.25, -0.2) is 23.2 Å². The molecule has 0 amide bonds. The minimum atomic E-state index is -1.21. The number of hydrogen-bond acceptors (Lipinski definition) is 4. The Labute approximate surface area is 114 Å². The van der Waals surface area contributed by atoms with Crippen LogP contribution in [0.2, 0.25) is 0 Å². The third kappa shape index (κ3) is 2.14. The average Bonchev–Trinajstić information content (AvgIpc) is 2.86. The molecule has 3 rings (SSSR count). The molecule has 0 aliphatic heterocycles. The van der Waals surface area contributed by atoms with E-state index in [1.807, 2.05) is 0 Å². The van der Waals surface area contributed by atoms with E-state index in [9.17, 15) is 18.4 Å². The quantitative estimate of drug-likeness (QED) is 0.736. The van der Waals surface area contributed by atoms with E-state index in [1.165, 1.54) is 0 Å². The lowest BCUT2D eigenvalue weighted by molar-refractivity contribution is 0.0697. The second kappa shape index (κ2) is 4.47. The van der Waals surface area contributed by atoms with Crippen LogP contribution in [-0.2, 0) is 0 Å². The number of aromatic amines is 1. The van der Waals surface area contributed by atoms with Crippen LogP contribution in [-0.4, -0.2) is 30.8 Å². The normalized spacial score (nSPS) is 11.0. The van der Waals surface area contributed by atoms with Crippen LogP contribution in [0.25, 0.3) is 16.9 Å². The van der Waals surface area contributed by atoms with Gasteiger partial charge in [-0.1, -0.05) is 0 Å². The lowest BCUT2D eigenvalue weighted by Gasteiger charge is -2.03. The number of carboxylic acids is 1. The van der Waals surface area contributed by atoms with Crippen LogP contribution >= 0.6 is 0 Å². The van der Waals surface area contributed by atoms with Crippen LogP contribution in [0, 0.1) is 11.6 Å². The van der Waals surface area contributed by atoms with Crippen molar-refractivity contribution in [3.05, 3.63) is 52.1 Å². The summed E-state index contributed by atoms with van der Waals surface area (Å²) in [5.41, 5.74) is -1.14. The Hall–Kier alpha value is -3.10. The molecule has 2 aromatic heterocycles. The molecule has 2 heterocycles. The smallest absolute Gasteiger partial charge is 0.338 e. The predicted octanol–water partition coefficient (Wildman–Crippen LogP) is 1.09. The van der Waals surface area contributed by atoms with E-state index in [-0.39, 0.29) is 22.4 Å². The van der Waals surface area contributed by atoms with Crippen molar-refractivity contribution < 1.29 is 18.7 Å². The molecule has 0 unspecified atom stereocenters. The van der Waals surface area contributed by atoms with Crippen LogP contribution < -0.4 is 5.56 Å². The van der Waals surface area contributed by atoms with Crippen LogP contribution in [0.4, 0.5) is 8.78 Å². The van der Waals surface area contributed by atoms with Gasteiger partial charge in [0.25, 0.3) is 5.56 Å². The molecule has 0 saturated carbocycles. The molecule has 106 valence electrons. The molecule has 2 N–H and O–H groups in total. The monoisotopic (exact) mass is 292 g/mol. The van der Waals surface area contributed by atoms with Crippen LogP contribution in [0.3, 0.4) is 0 Å². The largest absolute Gasteiger partial charge is 0.478 e. The fourth-order valence-electron chi connectivity index (χ4n) is 1.84. The molecule has 7 nitrogen and oxygen atoms in total. The number of carboxylic acid groups (broad SMARTS) is 1. The van der Waals surface area contributed by atoms with Gasteiger partial charge in [0.05, 0.1) is 17.3 Å². The van der Waals surface area contributed by atoms with Gasteiger partial charge in [-0.2, -0.15) is 5.10 Å². The van der Waals surface area contributed by atoms with E-state index in [1.54, 1.807) is 0 Å². The number of halogens is 2. The number of nitrogens with one attached hydrogen (secondary N) is 1. The summed E-state index contributed by atoms with van der Waals surface area (Å²) < 4.78 is 27.7. The Kier molecular flexibility index (Phi) is 2.75. The Morgan fingerprint density at radius 2 is 2.10 bits per heavy atom. The highest BCUT2D eigenvalue weighted by atomic mass is 19.1. The SMILES string of the molecule is O=C(O)c1cnn(-c2nc3cc(F)cc(F)c3c(=O)[nH]2)c1. The molecule has 0 saturated heterocycles. The van der Waals surface area contributed by atoms with Gasteiger partial charge in [0.15, 0.2) is 0 Å². The second-order valence-corrected chi connectivity index (χ2v) is 4.15. The van der Waals surface area contributed by atoms with Gasteiger partial charge in [0.1, 0.15) is 17.0 Å². The number of rotatable bonds is 2. The first-order chi connectivity index (χ1) is 9.95. The molecule has 3 aromatic rings. The molecule has 1 aromatic carbocycles. The zero-order valence-corrected chi connectivity index (χ0v) is 10.2. The number of nitrogens with zero attached hydrogens (tertiary/aromatic N) is 3. The maximum absolute atomic E-state index is 13.6. The number of aromatic carboxylic acids is 1. The van der Waals surface area contributed by atoms with Crippen molar-refractivity contribution in [3.63, 3.8) is 0 Å². The van der Waals surface area contributed by atoms with Gasteiger partial charge in [-0.15, -0.1) is 0 Å². The summed E-state index contributed by atoms with van der Waals surface area (Å²) in [5.74, 6) is -3.26. The van der Waals surface area contributed by atoms with Crippen LogP contribution in [0.15, 0.2) is 29.3 Å². The van der Waals surface area contributed by atoms with E-state index in [0.717, 1.165) is 23.1 Å². The van der Waals surface area contributed by atoms with Crippen molar-refractivity contribution in [2.75, 3.05) is 0 Å². The molecule has 0 bridgehead atoms. The summed E-state index contributed by atoms with van der Waals surface area (Å²) in [7, 11) is 0. The Balaban J connectivity index is 2.24. The van der Waals surface area contributed by atoms with E-state index in [2.05, 4.69) is 15.1 Å². The molecule has 0 atom stereocenters. The van der Waals surface area contributed by atoms with Crippen molar-refractivity contribution in [2.45, 2.75) is 0 Å². The van der Waals surface area contributed by atoms with Crippen LogP contribution in [0.5, 0.6) is 0 Å². The number of H-pyrrole nitrogens is 1. The second-order valence-electron chi connectivity index (χ2n) is 4.15. The number of fused-ring (bicyclic) bond motifs is 1. The molecule has 0 fully saturated rings. The van der Waals surface area contributed by atoms with E-state index in [0.29, 0.717) is 6.07 Å². The summed E-state index contributed by atoms with van der Waals surface area (Å²) in [6.45, 7) is 0. The minimum absolute atomic E-state index is 0.122. The first-order valence-electron chi connectivity index (χ1n) is 5.63. The molecule has 0 spiro atoms. The third-order valence-electron chi connectivity index (χ3n) is 2.76. The van der Waals surface area contributed by atoms with Crippen molar-refractivity contribution >= 4 is 16.9 Å². The third-order valence-corrected chi connectivity index (χ3v) is 2.76. The van der Waals surface area contributed by atoms with Crippen molar-refractivity contribution in [1.29, 1.82) is 0 Å². The fourth-order valence-corrected chi connectivity index (χ4v) is 1.84. The summed E-state index contributed by atoms with van der Waals surface area (Å²) >= 11 is 0. The Morgan fingerprint density at radius 3 is 2.76 bits per heavy atom. The number of benzene rings is 1. The molecular weight excluding hydrogens is 286 g/mol. The molecule has 0 aliphatic rings. The molecule has 0 radical (unpaired) electrons. The summed E-state index contributed by atoms with van der Waals surface area (Å²) in [5, 5.41) is 12.1. The summed E-state index contributed by atoms with van der Waals surface area (Å²) in [4.78, 5) is 28.7. The predicted molar refractivity (Wildman–Crippen MR) is 66.4 cm³/mol. The number of hydrogen-bond donors (Lipinski definition) is 2. The zero-order chi connectivity index (χ0) is 15.1. The zero-order valence-electron chi connectivity index (χ0n) is 10.2.